The molecule has 38 heavy (non-hydrogen) atoms. The van der Waals surface area contributed by atoms with Crippen molar-refractivity contribution >= 4 is 16.3 Å². The van der Waals surface area contributed by atoms with Gasteiger partial charge in [0.2, 0.25) is 0 Å². The van der Waals surface area contributed by atoms with Gasteiger partial charge in [0.1, 0.15) is 0 Å². The van der Waals surface area contributed by atoms with E-state index in [9.17, 15) is 0 Å². The number of rotatable bonds is 5. The molecule has 0 bridgehead atoms. The Hall–Kier alpha value is -3.39. The summed E-state index contributed by atoms with van der Waals surface area (Å²) in [4.78, 5) is 0. The molecule has 3 aromatic carbocycles. The summed E-state index contributed by atoms with van der Waals surface area (Å²) in [7, 11) is 0. The number of aromatic nitrogens is 2. The number of nitrogens with zero attached hydrogens (tertiary/aromatic N) is 2. The van der Waals surface area contributed by atoms with Crippen LogP contribution in [0.1, 0.15) is 84.3 Å². The van der Waals surface area contributed by atoms with Gasteiger partial charge in [-0.1, -0.05) is 68.0 Å². The molecule has 2 aliphatic carbocycles. The number of benzene rings is 3. The van der Waals surface area contributed by atoms with E-state index in [1.165, 1.54) is 72.2 Å². The molecule has 0 saturated heterocycles. The first-order chi connectivity index (χ1) is 18.5. The Bertz CT molecular complexity index is 1600. The van der Waals surface area contributed by atoms with Crippen LogP contribution in [-0.4, -0.2) is 9.78 Å². The van der Waals surface area contributed by atoms with Crippen LogP contribution in [0.3, 0.4) is 0 Å². The molecule has 2 aliphatic rings. The zero-order valence-corrected chi connectivity index (χ0v) is 23.9. The number of fused-ring (bicyclic) bond motifs is 4. The van der Waals surface area contributed by atoms with E-state index < -0.39 is 0 Å². The van der Waals surface area contributed by atoms with E-state index in [-0.39, 0.29) is 0 Å². The lowest BCUT2D eigenvalue weighted by molar-refractivity contribution is 0.631. The maximum absolute atomic E-state index is 4.93. The van der Waals surface area contributed by atoms with Gasteiger partial charge >= 0.3 is 0 Å². The van der Waals surface area contributed by atoms with E-state index in [4.69, 9.17) is 5.10 Å². The van der Waals surface area contributed by atoms with Crippen molar-refractivity contribution in [2.45, 2.75) is 86.1 Å². The number of hydrogen-bond acceptors (Lipinski definition) is 1. The second-order valence-corrected chi connectivity index (χ2v) is 11.2. The largest absolute Gasteiger partial charge is 0.270 e. The second kappa shape index (κ2) is 9.73. The van der Waals surface area contributed by atoms with Crippen LogP contribution in [0.4, 0.5) is 0 Å². The van der Waals surface area contributed by atoms with Crippen LogP contribution >= 0.6 is 0 Å². The average Bonchev–Trinajstić information content (AvgIpc) is 3.23. The third kappa shape index (κ3) is 3.80. The summed E-state index contributed by atoms with van der Waals surface area (Å²) >= 11 is 0. The SMILES string of the molecule is CCc1cccc(CC)c1-c1cc(C)c2c3c(ccc2c1)C1=C(CCC=C1)C(c1c(C)nn(CC)c1C)C3. The van der Waals surface area contributed by atoms with Crippen LogP contribution in [0.5, 0.6) is 0 Å². The van der Waals surface area contributed by atoms with Gasteiger partial charge in [-0.2, -0.15) is 5.10 Å². The number of hydrogen-bond donors (Lipinski definition) is 0. The van der Waals surface area contributed by atoms with Crippen LogP contribution in [-0.2, 0) is 25.8 Å². The molecule has 6 rings (SSSR count). The van der Waals surface area contributed by atoms with Gasteiger partial charge in [0.25, 0.3) is 0 Å². The molecule has 2 heteroatoms. The lowest BCUT2D eigenvalue weighted by Crippen LogP contribution is -2.18. The molecule has 0 aliphatic heterocycles. The fraction of sp³-hybridized carbons (Fsp3) is 0.361. The molecule has 0 saturated carbocycles. The van der Waals surface area contributed by atoms with Crippen molar-refractivity contribution in [1.29, 1.82) is 0 Å². The fourth-order valence-corrected chi connectivity index (χ4v) is 7.42. The van der Waals surface area contributed by atoms with Crippen molar-refractivity contribution in [3.8, 4) is 11.1 Å². The van der Waals surface area contributed by atoms with E-state index in [0.717, 1.165) is 38.6 Å². The van der Waals surface area contributed by atoms with Gasteiger partial charge in [0.15, 0.2) is 0 Å². The molecule has 0 fully saturated rings. The Balaban J connectivity index is 1.57. The summed E-state index contributed by atoms with van der Waals surface area (Å²) in [6, 6.07) is 16.5. The highest BCUT2D eigenvalue weighted by atomic mass is 15.3. The van der Waals surface area contributed by atoms with Crippen molar-refractivity contribution < 1.29 is 0 Å². The van der Waals surface area contributed by atoms with Gasteiger partial charge in [-0.3, -0.25) is 4.68 Å². The lowest BCUT2D eigenvalue weighted by atomic mass is 9.70. The summed E-state index contributed by atoms with van der Waals surface area (Å²) in [5.41, 5.74) is 17.1. The van der Waals surface area contributed by atoms with Crippen molar-refractivity contribution in [2.24, 2.45) is 0 Å². The Kier molecular flexibility index (Phi) is 6.38. The quantitative estimate of drug-likeness (QED) is 0.267. The molecule has 1 aromatic heterocycles. The summed E-state index contributed by atoms with van der Waals surface area (Å²) in [6.07, 6.45) is 10.2. The van der Waals surface area contributed by atoms with Crippen LogP contribution in [0.25, 0.3) is 27.5 Å². The summed E-state index contributed by atoms with van der Waals surface area (Å²) in [5.74, 6) is 0.403. The fourth-order valence-electron chi connectivity index (χ4n) is 7.42. The van der Waals surface area contributed by atoms with E-state index >= 15 is 0 Å². The molecule has 1 heterocycles. The van der Waals surface area contributed by atoms with E-state index in [1.807, 2.05) is 0 Å². The molecule has 1 atom stereocenters. The van der Waals surface area contributed by atoms with Gasteiger partial charge in [-0.05, 0) is 121 Å². The topological polar surface area (TPSA) is 17.8 Å². The van der Waals surface area contributed by atoms with Gasteiger partial charge < -0.3 is 0 Å². The Morgan fingerprint density at radius 3 is 2.39 bits per heavy atom. The first kappa shape index (κ1) is 24.9. The third-order valence-corrected chi connectivity index (χ3v) is 9.13. The van der Waals surface area contributed by atoms with E-state index in [0.29, 0.717) is 5.92 Å². The van der Waals surface area contributed by atoms with Crippen molar-refractivity contribution in [2.75, 3.05) is 0 Å². The predicted molar refractivity (Wildman–Crippen MR) is 162 cm³/mol. The molecule has 0 spiro atoms. The number of aryl methyl sites for hydroxylation is 5. The molecule has 4 aromatic rings. The Labute approximate surface area is 228 Å². The normalized spacial score (nSPS) is 16.7. The molecular weight excluding hydrogens is 460 g/mol. The molecule has 0 amide bonds. The maximum Gasteiger partial charge on any atom is 0.0634 e. The van der Waals surface area contributed by atoms with E-state index in [1.54, 1.807) is 5.57 Å². The number of allylic oxidation sites excluding steroid dienone is 4. The van der Waals surface area contributed by atoms with Gasteiger partial charge in [0.05, 0.1) is 5.69 Å². The molecule has 1 unspecified atom stereocenters. The van der Waals surface area contributed by atoms with Gasteiger partial charge in [0, 0.05) is 23.7 Å². The Morgan fingerprint density at radius 1 is 0.947 bits per heavy atom. The van der Waals surface area contributed by atoms with E-state index in [2.05, 4.69) is 101 Å². The monoisotopic (exact) mass is 500 g/mol. The zero-order valence-electron chi connectivity index (χ0n) is 23.9. The first-order valence-corrected chi connectivity index (χ1v) is 14.6. The standard InChI is InChI=1S/C36H40N2/c1-7-25-13-12-14-26(8-2)36(25)28-19-22(4)34-27(20-28)17-18-31-29-15-10-11-16-30(29)33(21-32(31)34)35-23(5)37-38(9-3)24(35)6/h10,12-15,17-20,33H,7-9,11,16,21H2,1-6H3. The van der Waals surface area contributed by atoms with Gasteiger partial charge in [-0.25, -0.2) is 0 Å². The highest BCUT2D eigenvalue weighted by Gasteiger charge is 2.33. The summed E-state index contributed by atoms with van der Waals surface area (Å²) < 4.78 is 2.19. The Morgan fingerprint density at radius 2 is 1.71 bits per heavy atom. The minimum atomic E-state index is 0.403. The first-order valence-electron chi connectivity index (χ1n) is 14.6. The minimum absolute atomic E-state index is 0.403. The van der Waals surface area contributed by atoms with Crippen LogP contribution < -0.4 is 0 Å². The molecule has 2 nitrogen and oxygen atoms in total. The van der Waals surface area contributed by atoms with Gasteiger partial charge in [-0.15, -0.1) is 0 Å². The summed E-state index contributed by atoms with van der Waals surface area (Å²) in [5, 5.41) is 7.75. The molecule has 0 radical (unpaired) electrons. The molecule has 194 valence electrons. The van der Waals surface area contributed by atoms with Crippen molar-refractivity contribution in [3.63, 3.8) is 0 Å². The maximum atomic E-state index is 4.93. The predicted octanol–water partition coefficient (Wildman–Crippen LogP) is 9.22. The lowest BCUT2D eigenvalue weighted by Gasteiger charge is -2.33. The van der Waals surface area contributed by atoms with Crippen LogP contribution in [0.2, 0.25) is 0 Å². The van der Waals surface area contributed by atoms with Crippen molar-refractivity contribution in [3.05, 3.63) is 105 Å². The minimum Gasteiger partial charge on any atom is -0.270 e. The highest BCUT2D eigenvalue weighted by Crippen LogP contribution is 2.48. The zero-order chi connectivity index (χ0) is 26.6. The second-order valence-electron chi connectivity index (χ2n) is 11.2. The summed E-state index contributed by atoms with van der Waals surface area (Å²) in [6.45, 7) is 14.5. The molecule has 0 N–H and O–H groups in total. The van der Waals surface area contributed by atoms with Crippen LogP contribution in [0, 0.1) is 20.8 Å². The highest BCUT2D eigenvalue weighted by molar-refractivity contribution is 5.98. The smallest absolute Gasteiger partial charge is 0.0634 e. The van der Waals surface area contributed by atoms with Crippen molar-refractivity contribution in [1.82, 2.24) is 9.78 Å². The average molecular weight is 501 g/mol. The van der Waals surface area contributed by atoms with Crippen LogP contribution in [0.15, 0.2) is 60.2 Å². The molecular formula is C36H40N2. The third-order valence-electron chi connectivity index (χ3n) is 9.13.